The molecule has 0 fully saturated rings. The average Bonchev–Trinajstić information content (AvgIpc) is 3.46. The number of anilines is 1. The van der Waals surface area contributed by atoms with Crippen LogP contribution in [0.2, 0.25) is 0 Å². The first-order valence-corrected chi connectivity index (χ1v) is 13.0. The average molecular weight is 489 g/mol. The number of aromatic nitrogens is 5. The molecule has 0 aliphatic rings. The van der Waals surface area contributed by atoms with E-state index in [-0.39, 0.29) is 11.2 Å². The molecule has 2 aromatic carbocycles. The zero-order chi connectivity index (χ0) is 23.5. The summed E-state index contributed by atoms with van der Waals surface area (Å²) >= 11 is 2.76. The van der Waals surface area contributed by atoms with Crippen LogP contribution in [0.5, 0.6) is 0 Å². The molecule has 5 rings (SSSR count). The molecule has 1 amide bonds. The minimum atomic E-state index is -0.354. The number of carbonyl (C=O) groups is 1. The van der Waals surface area contributed by atoms with E-state index in [0.29, 0.717) is 16.7 Å². The molecule has 0 spiro atoms. The Labute approximate surface area is 205 Å². The Balaban J connectivity index is 1.37. The maximum Gasteiger partial charge on any atom is 0.239 e. The molecule has 7 nitrogen and oxygen atoms in total. The van der Waals surface area contributed by atoms with Crippen molar-refractivity contribution in [1.29, 1.82) is 0 Å². The number of carbonyl (C=O) groups excluding carboxylic acids is 1. The highest BCUT2D eigenvalue weighted by molar-refractivity contribution is 8.00. The molecule has 5 aromatic rings. The lowest BCUT2D eigenvalue weighted by Gasteiger charge is -2.12. The number of nitrogens with zero attached hydrogens (tertiary/aromatic N) is 5. The van der Waals surface area contributed by atoms with E-state index in [1.54, 1.807) is 0 Å². The first kappa shape index (κ1) is 22.5. The standard InChI is InChI=1S/C25H24N6OS2/c1-3-14-31-19-13-9-8-12-17(19)21-22(31)27-25(30-29-21)34-20(4-2)23(32)28-24-26-18(15-33-24)16-10-6-5-7-11-16/h5-13,15,20H,3-4,14H2,1-2H3,(H,26,28,32)/t20-/m1/s1. The summed E-state index contributed by atoms with van der Waals surface area (Å²) in [6.07, 6.45) is 1.62. The van der Waals surface area contributed by atoms with Crippen LogP contribution in [0.1, 0.15) is 26.7 Å². The molecule has 0 unspecified atom stereocenters. The van der Waals surface area contributed by atoms with Gasteiger partial charge in [0.2, 0.25) is 11.1 Å². The number of para-hydroxylation sites is 1. The van der Waals surface area contributed by atoms with E-state index in [2.05, 4.69) is 38.1 Å². The molecular formula is C25H24N6OS2. The molecule has 3 heterocycles. The van der Waals surface area contributed by atoms with E-state index in [4.69, 9.17) is 4.98 Å². The van der Waals surface area contributed by atoms with E-state index >= 15 is 0 Å². The Kier molecular flexibility index (Phi) is 6.55. The van der Waals surface area contributed by atoms with Gasteiger partial charge in [-0.25, -0.2) is 9.97 Å². The van der Waals surface area contributed by atoms with Crippen molar-refractivity contribution in [2.24, 2.45) is 0 Å². The first-order valence-electron chi connectivity index (χ1n) is 11.3. The van der Waals surface area contributed by atoms with Crippen LogP contribution in [0.15, 0.2) is 65.1 Å². The van der Waals surface area contributed by atoms with Gasteiger partial charge < -0.3 is 9.88 Å². The van der Waals surface area contributed by atoms with Crippen molar-refractivity contribution in [3.63, 3.8) is 0 Å². The Morgan fingerprint density at radius 1 is 1.06 bits per heavy atom. The van der Waals surface area contributed by atoms with Gasteiger partial charge in [-0.15, -0.1) is 21.5 Å². The van der Waals surface area contributed by atoms with Gasteiger partial charge >= 0.3 is 0 Å². The van der Waals surface area contributed by atoms with E-state index in [1.165, 1.54) is 23.1 Å². The van der Waals surface area contributed by atoms with Gasteiger partial charge in [-0.2, -0.15) is 0 Å². The highest BCUT2D eigenvalue weighted by Crippen LogP contribution is 2.30. The molecule has 34 heavy (non-hydrogen) atoms. The van der Waals surface area contributed by atoms with Crippen LogP contribution >= 0.6 is 23.1 Å². The van der Waals surface area contributed by atoms with Gasteiger partial charge in [-0.05, 0) is 18.9 Å². The van der Waals surface area contributed by atoms with Crippen molar-refractivity contribution in [2.45, 2.75) is 43.6 Å². The lowest BCUT2D eigenvalue weighted by Crippen LogP contribution is -2.24. The summed E-state index contributed by atoms with van der Waals surface area (Å²) in [7, 11) is 0. The fraction of sp³-hybridized carbons (Fsp3) is 0.240. The maximum atomic E-state index is 13.0. The van der Waals surface area contributed by atoms with Crippen molar-refractivity contribution in [3.8, 4) is 11.3 Å². The van der Waals surface area contributed by atoms with Gasteiger partial charge in [0.05, 0.1) is 16.5 Å². The second-order valence-electron chi connectivity index (χ2n) is 7.84. The summed E-state index contributed by atoms with van der Waals surface area (Å²) in [5.41, 5.74) is 4.58. The molecule has 0 saturated carbocycles. The number of fused-ring (bicyclic) bond motifs is 3. The van der Waals surface area contributed by atoms with E-state index < -0.39 is 0 Å². The van der Waals surface area contributed by atoms with Gasteiger partial charge in [0.1, 0.15) is 5.52 Å². The van der Waals surface area contributed by atoms with Gasteiger partial charge in [-0.1, -0.05) is 74.1 Å². The highest BCUT2D eigenvalue weighted by Gasteiger charge is 2.22. The van der Waals surface area contributed by atoms with Gasteiger partial charge in [0, 0.05) is 22.9 Å². The van der Waals surface area contributed by atoms with Crippen molar-refractivity contribution in [1.82, 2.24) is 24.7 Å². The molecule has 3 aromatic heterocycles. The van der Waals surface area contributed by atoms with Crippen molar-refractivity contribution < 1.29 is 4.79 Å². The number of hydrogen-bond donors (Lipinski definition) is 1. The molecule has 0 radical (unpaired) electrons. The summed E-state index contributed by atoms with van der Waals surface area (Å²) in [5, 5.41) is 15.5. The first-order chi connectivity index (χ1) is 16.7. The molecule has 1 N–H and O–H groups in total. The summed E-state index contributed by atoms with van der Waals surface area (Å²) < 4.78 is 2.19. The van der Waals surface area contributed by atoms with E-state index in [9.17, 15) is 4.79 Å². The largest absolute Gasteiger partial charge is 0.324 e. The number of hydrogen-bond acceptors (Lipinski definition) is 7. The lowest BCUT2D eigenvalue weighted by atomic mass is 10.2. The van der Waals surface area contributed by atoms with Crippen molar-refractivity contribution in [2.75, 3.05) is 5.32 Å². The Morgan fingerprint density at radius 2 is 1.85 bits per heavy atom. The van der Waals surface area contributed by atoms with Crippen molar-refractivity contribution >= 4 is 56.2 Å². The predicted molar refractivity (Wildman–Crippen MR) is 139 cm³/mol. The second-order valence-corrected chi connectivity index (χ2v) is 9.87. The predicted octanol–water partition coefficient (Wildman–Crippen LogP) is 6.02. The van der Waals surface area contributed by atoms with Crippen LogP contribution < -0.4 is 5.32 Å². The SMILES string of the molecule is CCCn1c2ccccc2c2nnc(S[C@H](CC)C(=O)Nc3nc(-c4ccccc4)cs3)nc21. The third-order valence-electron chi connectivity index (χ3n) is 5.52. The Morgan fingerprint density at radius 3 is 2.65 bits per heavy atom. The van der Waals surface area contributed by atoms with Gasteiger partial charge in [0.25, 0.3) is 0 Å². The second kappa shape index (κ2) is 9.90. The minimum Gasteiger partial charge on any atom is -0.324 e. The number of nitrogens with one attached hydrogen (secondary N) is 1. The third kappa shape index (κ3) is 4.41. The minimum absolute atomic E-state index is 0.112. The molecule has 172 valence electrons. The summed E-state index contributed by atoms with van der Waals surface area (Å²) in [4.78, 5) is 22.4. The monoisotopic (exact) mass is 488 g/mol. The molecule has 0 bridgehead atoms. The number of amides is 1. The summed E-state index contributed by atoms with van der Waals surface area (Å²) in [6, 6.07) is 18.1. The molecular weight excluding hydrogens is 464 g/mol. The number of thioether (sulfide) groups is 1. The molecule has 0 saturated heterocycles. The molecule has 9 heteroatoms. The Hall–Kier alpha value is -3.30. The fourth-order valence-corrected chi connectivity index (χ4v) is 5.43. The Bertz CT molecular complexity index is 1450. The number of benzene rings is 2. The van der Waals surface area contributed by atoms with Crippen LogP contribution in [0.4, 0.5) is 5.13 Å². The number of rotatable bonds is 8. The third-order valence-corrected chi connectivity index (χ3v) is 7.49. The van der Waals surface area contributed by atoms with Gasteiger partial charge in [-0.3, -0.25) is 4.79 Å². The van der Waals surface area contributed by atoms with Crippen LogP contribution in [-0.2, 0) is 11.3 Å². The van der Waals surface area contributed by atoms with Crippen LogP contribution in [0.25, 0.3) is 33.3 Å². The number of aryl methyl sites for hydroxylation is 1. The zero-order valence-electron chi connectivity index (χ0n) is 18.9. The van der Waals surface area contributed by atoms with E-state index in [0.717, 1.165) is 46.3 Å². The topological polar surface area (TPSA) is 85.6 Å². The smallest absolute Gasteiger partial charge is 0.239 e. The zero-order valence-corrected chi connectivity index (χ0v) is 20.6. The quantitative estimate of drug-likeness (QED) is 0.269. The van der Waals surface area contributed by atoms with Crippen molar-refractivity contribution in [3.05, 3.63) is 60.0 Å². The molecule has 0 aliphatic heterocycles. The fourth-order valence-electron chi connectivity index (χ4n) is 3.90. The van der Waals surface area contributed by atoms with Gasteiger partial charge in [0.15, 0.2) is 10.8 Å². The molecule has 1 atom stereocenters. The highest BCUT2D eigenvalue weighted by atomic mass is 32.2. The molecule has 0 aliphatic carbocycles. The summed E-state index contributed by atoms with van der Waals surface area (Å²) in [5.74, 6) is -0.112. The van der Waals surface area contributed by atoms with Crippen LogP contribution in [-0.4, -0.2) is 35.9 Å². The summed E-state index contributed by atoms with van der Waals surface area (Å²) in [6.45, 7) is 4.97. The normalized spacial score (nSPS) is 12.3. The van der Waals surface area contributed by atoms with Crippen LogP contribution in [0, 0.1) is 0 Å². The number of thiazole rings is 1. The maximum absolute atomic E-state index is 13.0. The lowest BCUT2D eigenvalue weighted by molar-refractivity contribution is -0.115. The van der Waals surface area contributed by atoms with E-state index in [1.807, 2.05) is 60.8 Å². The van der Waals surface area contributed by atoms with Crippen LogP contribution in [0.3, 0.4) is 0 Å².